The number of likely N-dealkylation sites (N-methyl/N-ethyl adjacent to an activating group) is 1. The maximum Gasteiger partial charge on any atom is 0.249 e. The largest absolute Gasteiger partial charge is 0.341 e. The number of hydrogen-bond acceptors (Lipinski definition) is 2. The Morgan fingerprint density at radius 1 is 1.17 bits per heavy atom. The van der Waals surface area contributed by atoms with Crippen molar-refractivity contribution < 1.29 is 9.59 Å². The lowest BCUT2D eigenvalue weighted by Gasteiger charge is -2.25. The average Bonchev–Trinajstić information content (AvgIpc) is 2.38. The second-order valence-corrected chi connectivity index (χ2v) is 4.05. The van der Waals surface area contributed by atoms with Crippen LogP contribution in [0.15, 0.2) is 30.3 Å². The standard InChI is InChI=1S/C14H20N2O2/c1-4-16(5-2)14(18)13(15-11(3)17)12-9-7-6-8-10-12/h6-10,13H,4-5H2,1-3H3,(H,15,17)/t13-/m1/s1. The molecule has 0 unspecified atom stereocenters. The molecule has 18 heavy (non-hydrogen) atoms. The second kappa shape index (κ2) is 6.79. The van der Waals surface area contributed by atoms with Crippen molar-refractivity contribution in [2.24, 2.45) is 0 Å². The fraction of sp³-hybridized carbons (Fsp3) is 0.429. The molecule has 1 rings (SSSR count). The Hall–Kier alpha value is -1.84. The normalized spacial score (nSPS) is 11.7. The third-order valence-corrected chi connectivity index (χ3v) is 2.80. The molecule has 1 atom stereocenters. The summed E-state index contributed by atoms with van der Waals surface area (Å²) in [4.78, 5) is 25.3. The Bertz CT molecular complexity index is 400. The van der Waals surface area contributed by atoms with Crippen LogP contribution in [0.2, 0.25) is 0 Å². The van der Waals surface area contributed by atoms with E-state index in [0.717, 1.165) is 5.56 Å². The molecule has 0 radical (unpaired) electrons. The number of hydrogen-bond donors (Lipinski definition) is 1. The Kier molecular flexibility index (Phi) is 5.36. The van der Waals surface area contributed by atoms with Gasteiger partial charge in [-0.2, -0.15) is 0 Å². The first-order valence-electron chi connectivity index (χ1n) is 6.21. The van der Waals surface area contributed by atoms with Gasteiger partial charge in [0.25, 0.3) is 0 Å². The molecule has 0 aliphatic rings. The molecule has 98 valence electrons. The van der Waals surface area contributed by atoms with Crippen molar-refractivity contribution in [3.8, 4) is 0 Å². The summed E-state index contributed by atoms with van der Waals surface area (Å²) in [5, 5.41) is 2.71. The summed E-state index contributed by atoms with van der Waals surface area (Å²) in [6.45, 7) is 6.55. The lowest BCUT2D eigenvalue weighted by molar-refractivity contribution is -0.136. The van der Waals surface area contributed by atoms with Crippen molar-refractivity contribution in [1.29, 1.82) is 0 Å². The van der Waals surface area contributed by atoms with E-state index in [9.17, 15) is 9.59 Å². The molecule has 4 nitrogen and oxygen atoms in total. The Balaban J connectivity index is 2.98. The van der Waals surface area contributed by atoms with Crippen LogP contribution < -0.4 is 5.32 Å². The molecule has 0 spiro atoms. The third kappa shape index (κ3) is 3.58. The Labute approximate surface area is 108 Å². The zero-order valence-electron chi connectivity index (χ0n) is 11.1. The number of amides is 2. The highest BCUT2D eigenvalue weighted by Gasteiger charge is 2.24. The van der Waals surface area contributed by atoms with E-state index in [2.05, 4.69) is 5.32 Å². The lowest BCUT2D eigenvalue weighted by Crippen LogP contribution is -2.42. The van der Waals surface area contributed by atoms with Crippen molar-refractivity contribution in [3.63, 3.8) is 0 Å². The minimum Gasteiger partial charge on any atom is -0.341 e. The van der Waals surface area contributed by atoms with E-state index in [4.69, 9.17) is 0 Å². The van der Waals surface area contributed by atoms with Gasteiger partial charge in [-0.05, 0) is 19.4 Å². The summed E-state index contributed by atoms with van der Waals surface area (Å²) in [5.41, 5.74) is 0.810. The highest BCUT2D eigenvalue weighted by Crippen LogP contribution is 2.15. The number of carbonyl (C=O) groups is 2. The molecule has 0 aliphatic heterocycles. The molecule has 1 aromatic carbocycles. The van der Waals surface area contributed by atoms with E-state index < -0.39 is 6.04 Å². The average molecular weight is 248 g/mol. The Morgan fingerprint density at radius 2 is 1.72 bits per heavy atom. The van der Waals surface area contributed by atoms with E-state index >= 15 is 0 Å². The van der Waals surface area contributed by atoms with Crippen molar-refractivity contribution in [2.45, 2.75) is 26.8 Å². The number of carbonyl (C=O) groups excluding carboxylic acids is 2. The summed E-state index contributed by atoms with van der Waals surface area (Å²) in [7, 11) is 0. The van der Waals surface area contributed by atoms with Gasteiger partial charge in [0, 0.05) is 20.0 Å². The van der Waals surface area contributed by atoms with Gasteiger partial charge in [-0.25, -0.2) is 0 Å². The molecule has 2 amide bonds. The molecule has 0 saturated heterocycles. The van der Waals surface area contributed by atoms with Crippen LogP contribution in [-0.2, 0) is 9.59 Å². The molecular weight excluding hydrogens is 228 g/mol. The quantitative estimate of drug-likeness (QED) is 0.862. The van der Waals surface area contributed by atoms with E-state index in [0.29, 0.717) is 13.1 Å². The molecule has 0 saturated carbocycles. The van der Waals surface area contributed by atoms with E-state index in [1.807, 2.05) is 44.2 Å². The second-order valence-electron chi connectivity index (χ2n) is 4.05. The molecule has 0 heterocycles. The molecule has 0 bridgehead atoms. The predicted molar refractivity (Wildman–Crippen MR) is 70.9 cm³/mol. The van der Waals surface area contributed by atoms with Crippen molar-refractivity contribution in [3.05, 3.63) is 35.9 Å². The molecular formula is C14H20N2O2. The highest BCUT2D eigenvalue weighted by atomic mass is 16.2. The molecule has 0 aromatic heterocycles. The van der Waals surface area contributed by atoms with Crippen molar-refractivity contribution in [1.82, 2.24) is 10.2 Å². The fourth-order valence-corrected chi connectivity index (χ4v) is 1.85. The predicted octanol–water partition coefficient (Wildman–Crippen LogP) is 1.73. The van der Waals surface area contributed by atoms with Crippen LogP contribution in [0.4, 0.5) is 0 Å². The van der Waals surface area contributed by atoms with Crippen LogP contribution >= 0.6 is 0 Å². The zero-order valence-corrected chi connectivity index (χ0v) is 11.1. The highest BCUT2D eigenvalue weighted by molar-refractivity contribution is 5.88. The third-order valence-electron chi connectivity index (χ3n) is 2.80. The van der Waals surface area contributed by atoms with Crippen LogP contribution in [0.5, 0.6) is 0 Å². The summed E-state index contributed by atoms with van der Waals surface area (Å²) in [6.07, 6.45) is 0. The van der Waals surface area contributed by atoms with Crippen LogP contribution in [0, 0.1) is 0 Å². The summed E-state index contributed by atoms with van der Waals surface area (Å²) < 4.78 is 0. The first-order chi connectivity index (χ1) is 8.60. The number of nitrogens with zero attached hydrogens (tertiary/aromatic N) is 1. The summed E-state index contributed by atoms with van der Waals surface area (Å²) >= 11 is 0. The molecule has 1 aromatic rings. The number of nitrogens with one attached hydrogen (secondary N) is 1. The molecule has 4 heteroatoms. The topological polar surface area (TPSA) is 49.4 Å². The minimum absolute atomic E-state index is 0.0681. The zero-order chi connectivity index (χ0) is 13.5. The van der Waals surface area contributed by atoms with Gasteiger partial charge in [-0.1, -0.05) is 30.3 Å². The number of rotatable bonds is 5. The smallest absolute Gasteiger partial charge is 0.249 e. The SMILES string of the molecule is CCN(CC)C(=O)[C@H](NC(C)=O)c1ccccc1. The van der Waals surface area contributed by atoms with Crippen LogP contribution in [-0.4, -0.2) is 29.8 Å². The van der Waals surface area contributed by atoms with Gasteiger partial charge in [0.15, 0.2) is 0 Å². The maximum absolute atomic E-state index is 12.4. The molecule has 1 N–H and O–H groups in total. The first-order valence-corrected chi connectivity index (χ1v) is 6.21. The number of benzene rings is 1. The van der Waals surface area contributed by atoms with Crippen LogP contribution in [0.25, 0.3) is 0 Å². The van der Waals surface area contributed by atoms with Gasteiger partial charge in [0.1, 0.15) is 6.04 Å². The maximum atomic E-state index is 12.4. The van der Waals surface area contributed by atoms with Crippen LogP contribution in [0.3, 0.4) is 0 Å². The van der Waals surface area contributed by atoms with Crippen LogP contribution in [0.1, 0.15) is 32.4 Å². The monoisotopic (exact) mass is 248 g/mol. The van der Waals surface area contributed by atoms with E-state index in [1.165, 1.54) is 6.92 Å². The van der Waals surface area contributed by atoms with E-state index in [1.54, 1.807) is 4.90 Å². The van der Waals surface area contributed by atoms with Gasteiger partial charge >= 0.3 is 0 Å². The summed E-state index contributed by atoms with van der Waals surface area (Å²) in [5.74, 6) is -0.272. The van der Waals surface area contributed by atoms with Gasteiger partial charge < -0.3 is 10.2 Å². The van der Waals surface area contributed by atoms with Gasteiger partial charge in [0.05, 0.1) is 0 Å². The van der Waals surface area contributed by atoms with Crippen molar-refractivity contribution in [2.75, 3.05) is 13.1 Å². The molecule has 0 fully saturated rings. The van der Waals surface area contributed by atoms with E-state index in [-0.39, 0.29) is 11.8 Å². The van der Waals surface area contributed by atoms with Gasteiger partial charge in [0.2, 0.25) is 11.8 Å². The van der Waals surface area contributed by atoms with Gasteiger partial charge in [-0.3, -0.25) is 9.59 Å². The van der Waals surface area contributed by atoms with Crippen molar-refractivity contribution >= 4 is 11.8 Å². The van der Waals surface area contributed by atoms with Gasteiger partial charge in [-0.15, -0.1) is 0 Å². The fourth-order valence-electron chi connectivity index (χ4n) is 1.85. The minimum atomic E-state index is -0.594. The Morgan fingerprint density at radius 3 is 2.17 bits per heavy atom. The first kappa shape index (κ1) is 14.2. The summed E-state index contributed by atoms with van der Waals surface area (Å²) in [6, 6.07) is 8.71. The molecule has 0 aliphatic carbocycles. The lowest BCUT2D eigenvalue weighted by atomic mass is 10.1.